The molecule has 3 rings (SSSR count). The minimum Gasteiger partial charge on any atom is -0.445 e. The quantitative estimate of drug-likeness (QED) is 0.735. The lowest BCUT2D eigenvalue weighted by atomic mass is 10.3. The molecule has 0 bridgehead atoms. The van der Waals surface area contributed by atoms with Gasteiger partial charge in [0, 0.05) is 13.1 Å². The summed E-state index contributed by atoms with van der Waals surface area (Å²) in [7, 11) is 0. The fourth-order valence-corrected chi connectivity index (χ4v) is 2.78. The molecule has 0 spiro atoms. The average Bonchev–Trinajstić information content (AvgIpc) is 3.12. The van der Waals surface area contributed by atoms with Crippen LogP contribution in [0.25, 0.3) is 11.0 Å². The highest BCUT2D eigenvalue weighted by Gasteiger charge is 2.11. The van der Waals surface area contributed by atoms with Crippen LogP contribution in [0.15, 0.2) is 45.9 Å². The zero-order valence-corrected chi connectivity index (χ0v) is 13.3. The summed E-state index contributed by atoms with van der Waals surface area (Å²) in [5.74, 6) is 1.09. The van der Waals surface area contributed by atoms with Crippen molar-refractivity contribution in [2.45, 2.75) is 18.6 Å². The summed E-state index contributed by atoms with van der Waals surface area (Å²) < 4.78 is 7.51. The Balaban J connectivity index is 1.65. The van der Waals surface area contributed by atoms with Gasteiger partial charge in [-0.05, 0) is 37.4 Å². The standard InChI is InChI=1S/C16H17N3O2S/c1-11-18-12-5-3-4-6-13(12)19(11)10-9-17-16(20)14-7-8-15(21-14)22-2/h3-8H,9-10H2,1-2H3,(H,17,20). The molecule has 2 aromatic heterocycles. The molecule has 0 atom stereocenters. The van der Waals surface area contributed by atoms with Crippen molar-refractivity contribution in [3.05, 3.63) is 48.0 Å². The Bertz CT molecular complexity index is 807. The number of aromatic nitrogens is 2. The number of nitrogens with one attached hydrogen (secondary N) is 1. The van der Waals surface area contributed by atoms with Crippen LogP contribution in [-0.4, -0.2) is 28.3 Å². The second kappa shape index (κ2) is 6.27. The summed E-state index contributed by atoms with van der Waals surface area (Å²) in [6.45, 7) is 3.17. The van der Waals surface area contributed by atoms with Crippen LogP contribution >= 0.6 is 11.8 Å². The predicted octanol–water partition coefficient (Wildman–Crippen LogP) is 3.09. The molecule has 0 saturated carbocycles. The molecule has 5 nitrogen and oxygen atoms in total. The number of fused-ring (bicyclic) bond motifs is 1. The van der Waals surface area contributed by atoms with Crippen molar-refractivity contribution in [2.24, 2.45) is 0 Å². The van der Waals surface area contributed by atoms with Crippen LogP contribution < -0.4 is 5.32 Å². The first-order valence-corrected chi connectivity index (χ1v) is 8.25. The van der Waals surface area contributed by atoms with Crippen LogP contribution in [0.4, 0.5) is 0 Å². The summed E-state index contributed by atoms with van der Waals surface area (Å²) >= 11 is 1.47. The van der Waals surface area contributed by atoms with Gasteiger partial charge in [-0.3, -0.25) is 4.79 Å². The van der Waals surface area contributed by atoms with Gasteiger partial charge in [0.25, 0.3) is 5.91 Å². The molecule has 0 radical (unpaired) electrons. The number of para-hydroxylation sites is 2. The molecule has 0 unspecified atom stereocenters. The Labute approximate surface area is 132 Å². The van der Waals surface area contributed by atoms with Crippen LogP contribution in [0.3, 0.4) is 0 Å². The van der Waals surface area contributed by atoms with Gasteiger partial charge in [0.15, 0.2) is 10.9 Å². The number of hydrogen-bond donors (Lipinski definition) is 1. The zero-order valence-electron chi connectivity index (χ0n) is 12.5. The molecule has 1 N–H and O–H groups in total. The Morgan fingerprint density at radius 2 is 2.14 bits per heavy atom. The van der Waals surface area contributed by atoms with E-state index in [9.17, 15) is 4.79 Å². The highest BCUT2D eigenvalue weighted by molar-refractivity contribution is 7.98. The Hall–Kier alpha value is -2.21. The van der Waals surface area contributed by atoms with Crippen molar-refractivity contribution in [3.63, 3.8) is 0 Å². The third-order valence-electron chi connectivity index (χ3n) is 3.47. The van der Waals surface area contributed by atoms with Gasteiger partial charge >= 0.3 is 0 Å². The highest BCUT2D eigenvalue weighted by atomic mass is 32.2. The van der Waals surface area contributed by atoms with E-state index in [1.54, 1.807) is 12.1 Å². The van der Waals surface area contributed by atoms with E-state index in [-0.39, 0.29) is 5.91 Å². The van der Waals surface area contributed by atoms with Crippen LogP contribution in [0.2, 0.25) is 0 Å². The molecule has 0 saturated heterocycles. The summed E-state index contributed by atoms with van der Waals surface area (Å²) in [5, 5.41) is 3.61. The van der Waals surface area contributed by atoms with Gasteiger partial charge in [0.1, 0.15) is 5.82 Å². The van der Waals surface area contributed by atoms with Crippen LogP contribution in [0.5, 0.6) is 0 Å². The van der Waals surface area contributed by atoms with Gasteiger partial charge in [-0.15, -0.1) is 0 Å². The van der Waals surface area contributed by atoms with Gasteiger partial charge in [-0.2, -0.15) is 0 Å². The summed E-state index contributed by atoms with van der Waals surface area (Å²) in [6.07, 6.45) is 1.91. The SMILES string of the molecule is CSc1ccc(C(=O)NCCn2c(C)nc3ccccc32)o1. The number of carbonyl (C=O) groups excluding carboxylic acids is 1. The van der Waals surface area contributed by atoms with Crippen molar-refractivity contribution in [3.8, 4) is 0 Å². The molecule has 0 aliphatic rings. The van der Waals surface area contributed by atoms with E-state index in [1.807, 2.05) is 37.4 Å². The number of thioether (sulfide) groups is 1. The molecule has 22 heavy (non-hydrogen) atoms. The third-order valence-corrected chi connectivity index (χ3v) is 4.09. The maximum absolute atomic E-state index is 12.0. The van der Waals surface area contributed by atoms with Gasteiger partial charge in [-0.25, -0.2) is 4.98 Å². The first kappa shape index (κ1) is 14.7. The zero-order chi connectivity index (χ0) is 15.5. The van der Waals surface area contributed by atoms with Crippen molar-refractivity contribution in [1.82, 2.24) is 14.9 Å². The van der Waals surface area contributed by atoms with Crippen LogP contribution in [0.1, 0.15) is 16.4 Å². The molecule has 0 fully saturated rings. The number of nitrogens with zero attached hydrogens (tertiary/aromatic N) is 2. The summed E-state index contributed by atoms with van der Waals surface area (Å²) in [6, 6.07) is 11.5. The maximum atomic E-state index is 12.0. The van der Waals surface area contributed by atoms with Crippen molar-refractivity contribution < 1.29 is 9.21 Å². The molecule has 114 valence electrons. The van der Waals surface area contributed by atoms with E-state index in [1.165, 1.54) is 11.8 Å². The molecule has 2 heterocycles. The second-order valence-corrected chi connectivity index (χ2v) is 5.69. The first-order chi connectivity index (χ1) is 10.7. The van der Waals surface area contributed by atoms with Crippen molar-refractivity contribution in [2.75, 3.05) is 12.8 Å². The molecule has 1 aromatic carbocycles. The maximum Gasteiger partial charge on any atom is 0.287 e. The molecular weight excluding hydrogens is 298 g/mol. The molecular formula is C16H17N3O2S. The predicted molar refractivity (Wildman–Crippen MR) is 87.3 cm³/mol. The number of rotatable bonds is 5. The van der Waals surface area contributed by atoms with Gasteiger partial charge in [0.05, 0.1) is 11.0 Å². The molecule has 0 aliphatic carbocycles. The van der Waals surface area contributed by atoms with Gasteiger partial charge in [0.2, 0.25) is 0 Å². The normalized spacial score (nSPS) is 11.0. The Morgan fingerprint density at radius 3 is 2.91 bits per heavy atom. The Kier molecular flexibility index (Phi) is 4.20. The van der Waals surface area contributed by atoms with Gasteiger partial charge < -0.3 is 14.3 Å². The fourth-order valence-electron chi connectivity index (χ4n) is 2.40. The smallest absolute Gasteiger partial charge is 0.287 e. The van der Waals surface area contributed by atoms with Crippen molar-refractivity contribution in [1.29, 1.82) is 0 Å². The third kappa shape index (κ3) is 2.87. The average molecular weight is 315 g/mol. The number of furan rings is 1. The number of hydrogen-bond acceptors (Lipinski definition) is 4. The number of benzene rings is 1. The number of imidazole rings is 1. The van der Waals surface area contributed by atoms with Gasteiger partial charge in [-0.1, -0.05) is 23.9 Å². The number of aryl methyl sites for hydroxylation is 1. The summed E-state index contributed by atoms with van der Waals surface area (Å²) in [5.41, 5.74) is 2.05. The van der Waals surface area contributed by atoms with E-state index < -0.39 is 0 Å². The van der Waals surface area contributed by atoms with E-state index in [2.05, 4.69) is 14.9 Å². The lowest BCUT2D eigenvalue weighted by molar-refractivity contribution is 0.0919. The first-order valence-electron chi connectivity index (χ1n) is 7.03. The molecule has 0 aliphatic heterocycles. The van der Waals surface area contributed by atoms with E-state index in [0.717, 1.165) is 22.0 Å². The molecule has 3 aromatic rings. The number of amides is 1. The van der Waals surface area contributed by atoms with Crippen LogP contribution in [0, 0.1) is 6.92 Å². The molecule has 1 amide bonds. The highest BCUT2D eigenvalue weighted by Crippen LogP contribution is 2.18. The van der Waals surface area contributed by atoms with E-state index in [0.29, 0.717) is 18.8 Å². The van der Waals surface area contributed by atoms with Crippen molar-refractivity contribution >= 4 is 28.7 Å². The Morgan fingerprint density at radius 1 is 1.32 bits per heavy atom. The topological polar surface area (TPSA) is 60.1 Å². The largest absolute Gasteiger partial charge is 0.445 e. The minimum atomic E-state index is -0.192. The lowest BCUT2D eigenvalue weighted by Gasteiger charge is -2.07. The van der Waals surface area contributed by atoms with Crippen LogP contribution in [-0.2, 0) is 6.54 Å². The summed E-state index contributed by atoms with van der Waals surface area (Å²) in [4.78, 5) is 16.5. The second-order valence-electron chi connectivity index (χ2n) is 4.88. The number of carbonyl (C=O) groups is 1. The monoisotopic (exact) mass is 315 g/mol. The molecule has 6 heteroatoms. The van der Waals surface area contributed by atoms with E-state index >= 15 is 0 Å². The minimum absolute atomic E-state index is 0.192. The van der Waals surface area contributed by atoms with E-state index in [4.69, 9.17) is 4.42 Å². The fraction of sp³-hybridized carbons (Fsp3) is 0.250. The lowest BCUT2D eigenvalue weighted by Crippen LogP contribution is -2.27.